The summed E-state index contributed by atoms with van der Waals surface area (Å²) in [7, 11) is 0. The molecule has 1 amide bonds. The summed E-state index contributed by atoms with van der Waals surface area (Å²) in [5.41, 5.74) is 4.98. The smallest absolute Gasteiger partial charge is 0.373 e. The Kier molecular flexibility index (Phi) is 5.05. The van der Waals surface area contributed by atoms with Gasteiger partial charge in [0.1, 0.15) is 11.9 Å². The van der Waals surface area contributed by atoms with Crippen LogP contribution in [-0.4, -0.2) is 20.6 Å². The Hall–Kier alpha value is -2.35. The van der Waals surface area contributed by atoms with E-state index in [1.54, 1.807) is 6.07 Å². The van der Waals surface area contributed by atoms with Gasteiger partial charge in [0.15, 0.2) is 0 Å². The number of primary amides is 1. The highest BCUT2D eigenvalue weighted by Gasteiger charge is 2.30. The summed E-state index contributed by atoms with van der Waals surface area (Å²) in [5, 5.41) is 9.97. The second-order valence-corrected chi connectivity index (χ2v) is 5.14. The van der Waals surface area contributed by atoms with E-state index < -0.39 is 23.9 Å². The Morgan fingerprint density at radius 1 is 1.39 bits per heavy atom. The number of alkyl halides is 3. The van der Waals surface area contributed by atoms with E-state index in [-0.39, 0.29) is 5.69 Å². The van der Waals surface area contributed by atoms with Gasteiger partial charge in [-0.2, -0.15) is 13.2 Å². The van der Waals surface area contributed by atoms with Gasteiger partial charge in [0.25, 0.3) is 5.91 Å². The number of carbonyl (C=O) groups excluding carboxylic acids is 1. The number of aliphatic hydroxyl groups excluding tert-OH is 1. The van der Waals surface area contributed by atoms with Crippen LogP contribution in [-0.2, 0) is 12.6 Å². The number of benzene rings is 1. The molecule has 2 aromatic rings. The molecule has 0 aliphatic rings. The van der Waals surface area contributed by atoms with Crippen molar-refractivity contribution in [1.29, 1.82) is 0 Å². The molecule has 5 nitrogen and oxygen atoms in total. The number of aliphatic hydroxyl groups is 1. The molecule has 1 heterocycles. The summed E-state index contributed by atoms with van der Waals surface area (Å²) in [6.07, 6.45) is -1.47. The largest absolute Gasteiger partial charge is 0.416 e. The summed E-state index contributed by atoms with van der Waals surface area (Å²) >= 11 is 0. The molecule has 1 aromatic carbocycles. The number of imidazole rings is 1. The van der Waals surface area contributed by atoms with Crippen molar-refractivity contribution in [3.63, 3.8) is 0 Å². The molecular weight excluding hydrogens is 311 g/mol. The van der Waals surface area contributed by atoms with Crippen LogP contribution in [0.5, 0.6) is 0 Å². The van der Waals surface area contributed by atoms with Crippen molar-refractivity contribution in [1.82, 2.24) is 9.55 Å². The molecule has 0 saturated carbocycles. The highest BCUT2D eigenvalue weighted by atomic mass is 19.4. The Morgan fingerprint density at radius 2 is 2.13 bits per heavy atom. The lowest BCUT2D eigenvalue weighted by atomic mass is 10.0. The van der Waals surface area contributed by atoms with Crippen LogP contribution in [0.1, 0.15) is 40.7 Å². The fourth-order valence-corrected chi connectivity index (χ4v) is 2.17. The van der Waals surface area contributed by atoms with Crippen LogP contribution in [0.15, 0.2) is 36.8 Å². The van der Waals surface area contributed by atoms with E-state index in [1.165, 1.54) is 23.2 Å². The lowest BCUT2D eigenvalue weighted by Gasteiger charge is -2.12. The fourth-order valence-electron chi connectivity index (χ4n) is 2.17. The molecule has 23 heavy (non-hydrogen) atoms. The standard InChI is InChI=1S/C15H16F3N3O2/c16-15(17,18)11-5-1-3-10(7-11)4-2-6-13(22)21-8-12(14(19)23)20-9-21/h1,3,5,7-9,13,22H,2,4,6H2,(H2,19,23). The number of amides is 1. The maximum atomic E-state index is 12.6. The maximum Gasteiger partial charge on any atom is 0.416 e. The van der Waals surface area contributed by atoms with Crippen LogP contribution in [0.3, 0.4) is 0 Å². The molecule has 124 valence electrons. The third-order valence-corrected chi connectivity index (χ3v) is 3.38. The zero-order valence-electron chi connectivity index (χ0n) is 12.1. The summed E-state index contributed by atoms with van der Waals surface area (Å²) in [4.78, 5) is 14.7. The Labute approximate surface area is 130 Å². The van der Waals surface area contributed by atoms with E-state index in [1.807, 2.05) is 0 Å². The van der Waals surface area contributed by atoms with Crippen molar-refractivity contribution in [3.05, 3.63) is 53.6 Å². The summed E-state index contributed by atoms with van der Waals surface area (Å²) < 4.78 is 39.2. The van der Waals surface area contributed by atoms with Gasteiger partial charge in [-0.25, -0.2) is 4.98 Å². The SMILES string of the molecule is NC(=O)c1cn(C(O)CCCc2cccc(C(F)(F)F)c2)cn1. The first-order chi connectivity index (χ1) is 10.8. The lowest BCUT2D eigenvalue weighted by molar-refractivity contribution is -0.137. The van der Waals surface area contributed by atoms with Crippen LogP contribution in [0.2, 0.25) is 0 Å². The van der Waals surface area contributed by atoms with Crippen LogP contribution in [0, 0.1) is 0 Å². The average molecular weight is 327 g/mol. The minimum absolute atomic E-state index is 0.0435. The second-order valence-electron chi connectivity index (χ2n) is 5.14. The summed E-state index contributed by atoms with van der Waals surface area (Å²) in [6.45, 7) is 0. The maximum absolute atomic E-state index is 12.6. The number of hydrogen-bond donors (Lipinski definition) is 2. The normalized spacial score (nSPS) is 13.0. The van der Waals surface area contributed by atoms with E-state index >= 15 is 0 Å². The quantitative estimate of drug-likeness (QED) is 0.855. The zero-order chi connectivity index (χ0) is 17.0. The number of nitrogens with two attached hydrogens (primary N) is 1. The minimum atomic E-state index is -4.36. The molecule has 0 radical (unpaired) electrons. The van der Waals surface area contributed by atoms with Gasteiger partial charge in [-0.15, -0.1) is 0 Å². The zero-order valence-corrected chi connectivity index (χ0v) is 12.1. The first-order valence-corrected chi connectivity index (χ1v) is 6.95. The Bertz CT molecular complexity index is 683. The van der Waals surface area contributed by atoms with Crippen LogP contribution < -0.4 is 5.73 Å². The number of hydrogen-bond acceptors (Lipinski definition) is 3. The molecule has 0 saturated heterocycles. The third kappa shape index (κ3) is 4.56. The van der Waals surface area contributed by atoms with Gasteiger partial charge in [0.2, 0.25) is 0 Å². The monoisotopic (exact) mass is 327 g/mol. The first kappa shape index (κ1) is 17.0. The summed E-state index contributed by atoms with van der Waals surface area (Å²) in [5.74, 6) is -0.695. The van der Waals surface area contributed by atoms with Crippen molar-refractivity contribution >= 4 is 5.91 Å². The molecule has 1 aromatic heterocycles. The van der Waals surface area contributed by atoms with Gasteiger partial charge in [0, 0.05) is 6.20 Å². The van der Waals surface area contributed by atoms with E-state index in [4.69, 9.17) is 5.73 Å². The Morgan fingerprint density at radius 3 is 2.74 bits per heavy atom. The molecule has 0 bridgehead atoms. The number of aryl methyl sites for hydroxylation is 1. The van der Waals surface area contributed by atoms with E-state index in [0.717, 1.165) is 12.1 Å². The molecule has 0 aliphatic heterocycles. The van der Waals surface area contributed by atoms with Crippen molar-refractivity contribution < 1.29 is 23.1 Å². The topological polar surface area (TPSA) is 81.1 Å². The molecule has 1 unspecified atom stereocenters. The molecule has 0 aliphatic carbocycles. The summed E-state index contributed by atoms with van der Waals surface area (Å²) in [6, 6.07) is 5.11. The Balaban J connectivity index is 1.90. The van der Waals surface area contributed by atoms with E-state index in [2.05, 4.69) is 4.98 Å². The first-order valence-electron chi connectivity index (χ1n) is 6.95. The van der Waals surface area contributed by atoms with Crippen molar-refractivity contribution in [2.75, 3.05) is 0 Å². The van der Waals surface area contributed by atoms with Crippen LogP contribution in [0.25, 0.3) is 0 Å². The van der Waals surface area contributed by atoms with Crippen molar-refractivity contribution in [2.24, 2.45) is 5.73 Å². The van der Waals surface area contributed by atoms with E-state index in [0.29, 0.717) is 24.8 Å². The van der Waals surface area contributed by atoms with E-state index in [9.17, 15) is 23.1 Å². The average Bonchev–Trinajstić information content (AvgIpc) is 2.97. The number of aromatic nitrogens is 2. The number of halogens is 3. The van der Waals surface area contributed by atoms with Gasteiger partial charge >= 0.3 is 6.18 Å². The lowest BCUT2D eigenvalue weighted by Crippen LogP contribution is -2.11. The van der Waals surface area contributed by atoms with Gasteiger partial charge in [-0.05, 0) is 30.9 Å². The fraction of sp³-hybridized carbons (Fsp3) is 0.333. The van der Waals surface area contributed by atoms with Gasteiger partial charge in [-0.1, -0.05) is 18.2 Å². The molecule has 0 fully saturated rings. The van der Waals surface area contributed by atoms with Crippen LogP contribution in [0.4, 0.5) is 13.2 Å². The number of rotatable bonds is 6. The molecule has 8 heteroatoms. The molecular formula is C15H16F3N3O2. The van der Waals surface area contributed by atoms with Gasteiger partial charge in [-0.3, -0.25) is 4.79 Å². The second kappa shape index (κ2) is 6.82. The predicted molar refractivity (Wildman–Crippen MR) is 76.4 cm³/mol. The number of carbonyl (C=O) groups is 1. The molecule has 3 N–H and O–H groups in total. The van der Waals surface area contributed by atoms with Gasteiger partial charge < -0.3 is 15.4 Å². The third-order valence-electron chi connectivity index (χ3n) is 3.38. The van der Waals surface area contributed by atoms with Crippen LogP contribution >= 0.6 is 0 Å². The van der Waals surface area contributed by atoms with Crippen molar-refractivity contribution in [2.45, 2.75) is 31.7 Å². The minimum Gasteiger partial charge on any atom is -0.373 e. The predicted octanol–water partition coefficient (Wildman–Crippen LogP) is 2.51. The highest BCUT2D eigenvalue weighted by Crippen LogP contribution is 2.29. The van der Waals surface area contributed by atoms with Crippen molar-refractivity contribution in [3.8, 4) is 0 Å². The van der Waals surface area contributed by atoms with Gasteiger partial charge in [0.05, 0.1) is 11.9 Å². The number of nitrogens with zero attached hydrogens (tertiary/aromatic N) is 2. The molecule has 1 atom stereocenters. The highest BCUT2D eigenvalue weighted by molar-refractivity contribution is 5.90. The molecule has 2 rings (SSSR count). The molecule has 0 spiro atoms.